The molecule has 1 aromatic carbocycles. The molecule has 6 heteroatoms. The minimum atomic E-state index is -0.00157. The van der Waals surface area contributed by atoms with Gasteiger partial charge < -0.3 is 15.4 Å². The maximum absolute atomic E-state index is 6.14. The van der Waals surface area contributed by atoms with Crippen molar-refractivity contribution in [2.75, 3.05) is 13.6 Å². The number of guanidine groups is 1. The zero-order chi connectivity index (χ0) is 17.2. The van der Waals surface area contributed by atoms with Gasteiger partial charge in [-0.15, -0.1) is 0 Å². The Bertz CT molecular complexity index is 648. The summed E-state index contributed by atoms with van der Waals surface area (Å²) in [6.45, 7) is 3.32. The second kappa shape index (κ2) is 9.78. The summed E-state index contributed by atoms with van der Waals surface area (Å²) in [6, 6.07) is 13.3. The van der Waals surface area contributed by atoms with Gasteiger partial charge in [-0.05, 0) is 30.7 Å². The number of rotatable bonds is 7. The van der Waals surface area contributed by atoms with E-state index in [0.717, 1.165) is 12.1 Å². The normalized spacial score (nSPS) is 12.5. The number of aliphatic imine (C=N–C) groups is 1. The van der Waals surface area contributed by atoms with Crippen LogP contribution in [0.3, 0.4) is 0 Å². The van der Waals surface area contributed by atoms with Crippen molar-refractivity contribution in [3.8, 4) is 5.75 Å². The molecule has 0 spiro atoms. The number of hydrogen-bond acceptors (Lipinski definition) is 3. The van der Waals surface area contributed by atoms with E-state index in [9.17, 15) is 0 Å². The van der Waals surface area contributed by atoms with Gasteiger partial charge in [0.25, 0.3) is 0 Å². The predicted molar refractivity (Wildman–Crippen MR) is 98.6 cm³/mol. The quantitative estimate of drug-likeness (QED) is 0.597. The first kappa shape index (κ1) is 18.1. The minimum absolute atomic E-state index is 0.00157. The fraction of sp³-hybridized carbons (Fsp3) is 0.333. The molecule has 24 heavy (non-hydrogen) atoms. The van der Waals surface area contributed by atoms with Crippen LogP contribution in [0, 0.1) is 0 Å². The Labute approximate surface area is 148 Å². The average molecular weight is 347 g/mol. The van der Waals surface area contributed by atoms with Gasteiger partial charge in [0, 0.05) is 13.2 Å². The fourth-order valence-corrected chi connectivity index (χ4v) is 2.28. The molecule has 1 heterocycles. The molecule has 2 rings (SSSR count). The maximum atomic E-state index is 6.14. The number of halogens is 1. The molecular weight excluding hydrogens is 324 g/mol. The van der Waals surface area contributed by atoms with E-state index in [0.29, 0.717) is 29.8 Å². The van der Waals surface area contributed by atoms with Gasteiger partial charge in [-0.25, -0.2) is 0 Å². The van der Waals surface area contributed by atoms with Gasteiger partial charge in [-0.1, -0.05) is 36.7 Å². The lowest BCUT2D eigenvalue weighted by atomic mass is 10.2. The third-order valence-corrected chi connectivity index (χ3v) is 3.78. The molecule has 128 valence electrons. The first-order chi connectivity index (χ1) is 11.7. The van der Waals surface area contributed by atoms with Crippen LogP contribution in [0.2, 0.25) is 5.02 Å². The highest BCUT2D eigenvalue weighted by atomic mass is 35.5. The van der Waals surface area contributed by atoms with Crippen LogP contribution in [-0.4, -0.2) is 30.6 Å². The van der Waals surface area contributed by atoms with Crippen LogP contribution in [-0.2, 0) is 6.54 Å². The van der Waals surface area contributed by atoms with E-state index in [1.54, 1.807) is 13.2 Å². The zero-order valence-corrected chi connectivity index (χ0v) is 14.8. The summed E-state index contributed by atoms with van der Waals surface area (Å²) in [7, 11) is 1.74. The number of ether oxygens (including phenoxy) is 1. The van der Waals surface area contributed by atoms with Gasteiger partial charge in [0.1, 0.15) is 11.9 Å². The van der Waals surface area contributed by atoms with Gasteiger partial charge in [-0.2, -0.15) is 0 Å². The highest BCUT2D eigenvalue weighted by molar-refractivity contribution is 6.32. The Morgan fingerprint density at radius 3 is 2.67 bits per heavy atom. The highest BCUT2D eigenvalue weighted by Gasteiger charge is 2.11. The molecule has 1 aromatic heterocycles. The monoisotopic (exact) mass is 346 g/mol. The molecule has 0 aliphatic heterocycles. The van der Waals surface area contributed by atoms with Crippen LogP contribution >= 0.6 is 11.6 Å². The topological polar surface area (TPSA) is 58.5 Å². The van der Waals surface area contributed by atoms with Crippen LogP contribution in [0.15, 0.2) is 53.7 Å². The van der Waals surface area contributed by atoms with E-state index in [1.807, 2.05) is 42.5 Å². The number of pyridine rings is 1. The number of para-hydroxylation sites is 1. The number of aromatic nitrogens is 1. The Morgan fingerprint density at radius 2 is 2.00 bits per heavy atom. The van der Waals surface area contributed by atoms with E-state index in [4.69, 9.17) is 16.3 Å². The first-order valence-electron chi connectivity index (χ1n) is 7.98. The Morgan fingerprint density at radius 1 is 1.21 bits per heavy atom. The van der Waals surface area contributed by atoms with Crippen LogP contribution in [0.4, 0.5) is 0 Å². The zero-order valence-electron chi connectivity index (χ0n) is 14.0. The number of nitrogens with one attached hydrogen (secondary N) is 2. The van der Waals surface area contributed by atoms with Crippen molar-refractivity contribution in [3.63, 3.8) is 0 Å². The Balaban J connectivity index is 1.83. The number of hydrogen-bond donors (Lipinski definition) is 2. The number of nitrogens with zero attached hydrogens (tertiary/aromatic N) is 2. The number of benzene rings is 1. The molecule has 5 nitrogen and oxygen atoms in total. The van der Waals surface area contributed by atoms with Gasteiger partial charge >= 0.3 is 0 Å². The molecule has 0 aliphatic carbocycles. The molecule has 0 radical (unpaired) electrons. The van der Waals surface area contributed by atoms with E-state index < -0.39 is 0 Å². The average Bonchev–Trinajstić information content (AvgIpc) is 2.63. The molecule has 0 aliphatic rings. The lowest BCUT2D eigenvalue weighted by Gasteiger charge is -2.20. The molecule has 0 bridgehead atoms. The summed E-state index contributed by atoms with van der Waals surface area (Å²) in [5, 5.41) is 7.13. The summed E-state index contributed by atoms with van der Waals surface area (Å²) in [5.41, 5.74) is 0.958. The lowest BCUT2D eigenvalue weighted by molar-refractivity contribution is 0.199. The summed E-state index contributed by atoms with van der Waals surface area (Å²) >= 11 is 6.14. The third-order valence-electron chi connectivity index (χ3n) is 3.47. The second-order valence-electron chi connectivity index (χ2n) is 5.21. The van der Waals surface area contributed by atoms with Crippen molar-refractivity contribution in [2.24, 2.45) is 4.99 Å². The standard InChI is InChI=1S/C18H23ClN4O/c1-3-15(24-17-10-5-4-9-16(17)19)13-23-18(20-2)22-12-14-8-6-7-11-21-14/h4-11,15H,3,12-13H2,1-2H3,(H2,20,22,23). The molecule has 0 fully saturated rings. The van der Waals surface area contributed by atoms with Crippen LogP contribution in [0.1, 0.15) is 19.0 Å². The summed E-state index contributed by atoms with van der Waals surface area (Å²) in [6.07, 6.45) is 2.63. The Kier molecular flexibility index (Phi) is 7.36. The van der Waals surface area contributed by atoms with Crippen molar-refractivity contribution >= 4 is 17.6 Å². The van der Waals surface area contributed by atoms with Crippen molar-refractivity contribution in [2.45, 2.75) is 26.0 Å². The van der Waals surface area contributed by atoms with Crippen molar-refractivity contribution in [1.82, 2.24) is 15.6 Å². The van der Waals surface area contributed by atoms with Crippen LogP contribution in [0.5, 0.6) is 5.75 Å². The molecule has 2 N–H and O–H groups in total. The molecule has 0 saturated carbocycles. The van der Waals surface area contributed by atoms with Crippen molar-refractivity contribution in [3.05, 3.63) is 59.4 Å². The fourth-order valence-electron chi connectivity index (χ4n) is 2.10. The Hall–Kier alpha value is -2.27. The predicted octanol–water partition coefficient (Wildman–Crippen LogP) is 3.26. The van der Waals surface area contributed by atoms with E-state index in [-0.39, 0.29) is 6.10 Å². The smallest absolute Gasteiger partial charge is 0.191 e. The van der Waals surface area contributed by atoms with Gasteiger partial charge in [0.15, 0.2) is 5.96 Å². The van der Waals surface area contributed by atoms with Gasteiger partial charge in [-0.3, -0.25) is 9.98 Å². The van der Waals surface area contributed by atoms with Gasteiger partial charge in [0.05, 0.1) is 23.8 Å². The minimum Gasteiger partial charge on any atom is -0.487 e. The van der Waals surface area contributed by atoms with Crippen LogP contribution in [0.25, 0.3) is 0 Å². The van der Waals surface area contributed by atoms with Crippen molar-refractivity contribution < 1.29 is 4.74 Å². The van der Waals surface area contributed by atoms with E-state index in [1.165, 1.54) is 0 Å². The molecular formula is C18H23ClN4O. The first-order valence-corrected chi connectivity index (χ1v) is 8.36. The summed E-state index contributed by atoms with van der Waals surface area (Å²) < 4.78 is 5.96. The molecule has 0 amide bonds. The van der Waals surface area contributed by atoms with Gasteiger partial charge in [0.2, 0.25) is 0 Å². The third kappa shape index (κ3) is 5.74. The highest BCUT2D eigenvalue weighted by Crippen LogP contribution is 2.24. The molecule has 1 unspecified atom stereocenters. The van der Waals surface area contributed by atoms with E-state index >= 15 is 0 Å². The summed E-state index contributed by atoms with van der Waals surface area (Å²) in [4.78, 5) is 8.50. The largest absolute Gasteiger partial charge is 0.487 e. The molecule has 0 saturated heterocycles. The SMILES string of the molecule is CCC(CNC(=NC)NCc1ccccn1)Oc1ccccc1Cl. The lowest BCUT2D eigenvalue weighted by Crippen LogP contribution is -2.42. The van der Waals surface area contributed by atoms with E-state index in [2.05, 4.69) is 27.5 Å². The van der Waals surface area contributed by atoms with Crippen molar-refractivity contribution in [1.29, 1.82) is 0 Å². The molecule has 1 atom stereocenters. The molecule has 2 aromatic rings. The maximum Gasteiger partial charge on any atom is 0.191 e. The summed E-state index contributed by atoms with van der Waals surface area (Å²) in [5.74, 6) is 1.41. The van der Waals surface area contributed by atoms with Crippen LogP contribution < -0.4 is 15.4 Å². The second-order valence-corrected chi connectivity index (χ2v) is 5.61.